The van der Waals surface area contributed by atoms with E-state index in [4.69, 9.17) is 8.76 Å². The van der Waals surface area contributed by atoms with Crippen molar-refractivity contribution >= 4 is 46.7 Å². The summed E-state index contributed by atoms with van der Waals surface area (Å²) in [5, 5.41) is 0. The molecule has 0 bridgehead atoms. The van der Waals surface area contributed by atoms with E-state index in [-0.39, 0.29) is 24.5 Å². The molecule has 0 saturated heterocycles. The van der Waals surface area contributed by atoms with Gasteiger partial charge in [0.2, 0.25) is 0 Å². The predicted octanol–water partition coefficient (Wildman–Crippen LogP) is 6.26. The van der Waals surface area contributed by atoms with Crippen molar-refractivity contribution in [2.75, 3.05) is 6.54 Å². The van der Waals surface area contributed by atoms with Gasteiger partial charge in [0.05, 0.1) is 47.4 Å². The van der Waals surface area contributed by atoms with E-state index in [1.807, 2.05) is 6.21 Å². The van der Waals surface area contributed by atoms with Crippen LogP contribution in [0.25, 0.3) is 0 Å². The number of rotatable bonds is 5. The third-order valence-corrected chi connectivity index (χ3v) is 5.07. The Labute approximate surface area is 229 Å². The van der Waals surface area contributed by atoms with Crippen LogP contribution in [-0.4, -0.2) is 45.6 Å². The Morgan fingerprint density at radius 3 is 1.65 bits per heavy atom. The predicted molar refractivity (Wildman–Crippen MR) is 140 cm³/mol. The van der Waals surface area contributed by atoms with Crippen LogP contribution in [0.5, 0.6) is 0 Å². The standard InChI is InChI=1S/C23H26N4.CHF3O3S.CH3.Fe/c1-14-7-16(3)22(17(4)8-14)25-12-20-11-24-21(27-20)13-26-23-18(5)9-15(2)10-19(23)6;2-1(3,4)7-8(5)6;;/h7-10,12-13H,11H2,1-6H3;(H,5,6);1H3;/q;;-1;+2/p-1. The molecule has 0 radical (unpaired) electrons. The van der Waals surface area contributed by atoms with Crippen LogP contribution >= 0.6 is 0 Å². The molecule has 0 saturated carbocycles. The molecule has 2 aromatic rings. The monoisotopic (exact) mass is 578 g/mol. The Hall–Kier alpha value is -2.50. The van der Waals surface area contributed by atoms with Gasteiger partial charge in [-0.3, -0.25) is 15.0 Å². The normalized spacial score (nSPS) is 13.9. The second-order valence-electron chi connectivity index (χ2n) is 8.02. The molecule has 0 N–H and O–H groups in total. The molecular formula is C25H29F3FeN4O3S. The van der Waals surface area contributed by atoms with E-state index < -0.39 is 17.7 Å². The first kappa shape index (κ1) is 34.5. The number of hydrogen-bond donors (Lipinski definition) is 0. The van der Waals surface area contributed by atoms with Crippen LogP contribution in [0.15, 0.2) is 44.2 Å². The van der Waals surface area contributed by atoms with Crippen LogP contribution < -0.4 is 0 Å². The summed E-state index contributed by atoms with van der Waals surface area (Å²) in [5.41, 5.74) is 10.0. The molecule has 1 unspecified atom stereocenters. The Balaban J connectivity index is 0.00000113. The number of benzene rings is 2. The van der Waals surface area contributed by atoms with Gasteiger partial charge in [-0.2, -0.15) is 0 Å². The van der Waals surface area contributed by atoms with E-state index in [2.05, 4.69) is 90.0 Å². The van der Waals surface area contributed by atoms with Crippen molar-refractivity contribution in [1.29, 1.82) is 0 Å². The van der Waals surface area contributed by atoms with Crippen molar-refractivity contribution in [3.05, 3.63) is 65.1 Å². The van der Waals surface area contributed by atoms with Gasteiger partial charge in [-0.15, -0.1) is 13.2 Å². The summed E-state index contributed by atoms with van der Waals surface area (Å²) in [6.07, 6.45) is -1.53. The van der Waals surface area contributed by atoms with Crippen LogP contribution in [0.2, 0.25) is 0 Å². The molecule has 0 amide bonds. The fraction of sp³-hybridized carbons (Fsp3) is 0.320. The fourth-order valence-corrected chi connectivity index (χ4v) is 3.76. The molecule has 12 heteroatoms. The van der Waals surface area contributed by atoms with Crippen molar-refractivity contribution in [3.63, 3.8) is 0 Å². The summed E-state index contributed by atoms with van der Waals surface area (Å²) < 4.78 is 52.6. The molecule has 37 heavy (non-hydrogen) atoms. The Morgan fingerprint density at radius 2 is 1.30 bits per heavy atom. The minimum atomic E-state index is -5.09. The third-order valence-electron chi connectivity index (χ3n) is 4.75. The number of aryl methyl sites for hydroxylation is 6. The largest absolute Gasteiger partial charge is 2.00 e. The van der Waals surface area contributed by atoms with E-state index in [1.54, 1.807) is 6.21 Å². The first-order valence-corrected chi connectivity index (χ1v) is 11.5. The maximum Gasteiger partial charge on any atom is 2.00 e. The van der Waals surface area contributed by atoms with E-state index >= 15 is 0 Å². The van der Waals surface area contributed by atoms with Crippen LogP contribution in [0.3, 0.4) is 0 Å². The molecule has 202 valence electrons. The van der Waals surface area contributed by atoms with Crippen molar-refractivity contribution < 1.29 is 43.2 Å². The van der Waals surface area contributed by atoms with Crippen molar-refractivity contribution in [1.82, 2.24) is 0 Å². The van der Waals surface area contributed by atoms with Crippen LogP contribution in [-0.2, 0) is 32.6 Å². The quantitative estimate of drug-likeness (QED) is 0.181. The summed E-state index contributed by atoms with van der Waals surface area (Å²) in [6.45, 7) is 13.1. The topological polar surface area (TPSA) is 98.8 Å². The second-order valence-corrected chi connectivity index (χ2v) is 8.60. The summed E-state index contributed by atoms with van der Waals surface area (Å²) in [5.74, 6) is 0.646. The number of halogens is 3. The van der Waals surface area contributed by atoms with Crippen molar-refractivity contribution in [3.8, 4) is 0 Å². The zero-order valence-corrected chi connectivity index (χ0v) is 23.5. The average Bonchev–Trinajstić information content (AvgIpc) is 3.12. The maximum absolute atomic E-state index is 10.7. The second kappa shape index (κ2) is 15.0. The summed E-state index contributed by atoms with van der Waals surface area (Å²) >= 11 is -3.51. The number of amidine groups is 1. The minimum Gasteiger partial charge on any atom is -0.750 e. The minimum absolute atomic E-state index is 0. The molecular weight excluding hydrogens is 549 g/mol. The van der Waals surface area contributed by atoms with Gasteiger partial charge in [-0.1, -0.05) is 35.4 Å². The molecule has 1 aliphatic rings. The molecule has 1 aliphatic heterocycles. The molecule has 0 aliphatic carbocycles. The average molecular weight is 578 g/mol. The molecule has 3 rings (SSSR count). The van der Waals surface area contributed by atoms with Crippen molar-refractivity contribution in [2.45, 2.75) is 47.9 Å². The van der Waals surface area contributed by atoms with Gasteiger partial charge in [0.25, 0.3) is 0 Å². The van der Waals surface area contributed by atoms with E-state index in [9.17, 15) is 13.2 Å². The summed E-state index contributed by atoms with van der Waals surface area (Å²) in [7, 11) is 0. The number of nitrogens with zero attached hydrogens (tertiary/aromatic N) is 4. The summed E-state index contributed by atoms with van der Waals surface area (Å²) in [6, 6.07) is 8.58. The zero-order valence-electron chi connectivity index (χ0n) is 21.6. The van der Waals surface area contributed by atoms with Gasteiger partial charge in [0, 0.05) is 0 Å². The third kappa shape index (κ3) is 11.6. The first-order valence-electron chi connectivity index (χ1n) is 10.5. The molecule has 2 aromatic carbocycles. The van der Waals surface area contributed by atoms with Gasteiger partial charge in [-0.25, -0.2) is 13.4 Å². The Kier molecular flexibility index (Phi) is 14.0. The van der Waals surface area contributed by atoms with Gasteiger partial charge in [-0.05, 0) is 63.8 Å². The van der Waals surface area contributed by atoms with Gasteiger partial charge >= 0.3 is 23.4 Å². The molecule has 0 spiro atoms. The zero-order chi connectivity index (χ0) is 26.3. The van der Waals surface area contributed by atoms with Crippen molar-refractivity contribution in [2.24, 2.45) is 20.0 Å². The van der Waals surface area contributed by atoms with E-state index in [0.717, 1.165) is 17.1 Å². The number of alkyl halides is 3. The molecule has 1 atom stereocenters. The number of aliphatic imine (C=N–C) groups is 4. The van der Waals surface area contributed by atoms with E-state index in [1.165, 1.54) is 33.4 Å². The summed E-state index contributed by atoms with van der Waals surface area (Å²) in [4.78, 5) is 18.2. The Bertz CT molecular complexity index is 1200. The smallest absolute Gasteiger partial charge is 0.750 e. The van der Waals surface area contributed by atoms with E-state index in [0.29, 0.717) is 12.4 Å². The van der Waals surface area contributed by atoms with Crippen LogP contribution in [0, 0.1) is 49.0 Å². The fourth-order valence-electron chi connectivity index (χ4n) is 3.61. The maximum atomic E-state index is 10.7. The number of hydrogen-bond acceptors (Lipinski definition) is 7. The Morgan fingerprint density at radius 1 is 0.892 bits per heavy atom. The first-order chi connectivity index (χ1) is 16.2. The molecule has 0 aromatic heterocycles. The molecule has 7 nitrogen and oxygen atoms in total. The van der Waals surface area contributed by atoms with Gasteiger partial charge in [0.15, 0.2) is 5.84 Å². The SMILES string of the molecule is Cc1cc(C)c(N=CC2=NC(C=Nc3c(C)cc(C)cc3C)=NC2)c(C)c1.O=S([O-])OC(F)(F)F.[CH3-].[Fe+2]. The van der Waals surface area contributed by atoms with Gasteiger partial charge < -0.3 is 12.0 Å². The van der Waals surface area contributed by atoms with Gasteiger partial charge in [0.1, 0.15) is 0 Å². The van der Waals surface area contributed by atoms with Crippen LogP contribution in [0.1, 0.15) is 33.4 Å². The molecule has 0 fully saturated rings. The molecule has 1 heterocycles. The van der Waals surface area contributed by atoms with Crippen LogP contribution in [0.4, 0.5) is 24.5 Å².